The van der Waals surface area contributed by atoms with Crippen molar-refractivity contribution < 1.29 is 25.6 Å². The van der Waals surface area contributed by atoms with Crippen LogP contribution in [0.1, 0.15) is 18.9 Å². The molecule has 3 aromatic rings. The van der Waals surface area contributed by atoms with E-state index in [1.807, 2.05) is 4.72 Å². The van der Waals surface area contributed by atoms with E-state index < -0.39 is 47.1 Å². The summed E-state index contributed by atoms with van der Waals surface area (Å²) in [6, 6.07) is 9.03. The minimum Gasteiger partial charge on any atom is -0.383 e. The highest BCUT2D eigenvalue weighted by Gasteiger charge is 2.33. The lowest BCUT2D eigenvalue weighted by Gasteiger charge is -2.14. The molecule has 4 N–H and O–H groups in total. The summed E-state index contributed by atoms with van der Waals surface area (Å²) in [6.07, 6.45) is 1.55. The summed E-state index contributed by atoms with van der Waals surface area (Å²) in [4.78, 5) is 2.42. The molecule has 180 valence electrons. The third-order valence-electron chi connectivity index (χ3n) is 4.67. The second-order valence-corrected chi connectivity index (χ2v) is 11.3. The Morgan fingerprint density at radius 1 is 1.09 bits per heavy atom. The average Bonchev–Trinajstić information content (AvgIpc) is 2.76. The number of sulfonamides is 1. The number of benzene rings is 2. The molecule has 0 amide bonds. The molecule has 3 rings (SSSR count). The zero-order chi connectivity index (χ0) is 25.3. The third-order valence-corrected chi connectivity index (χ3v) is 8.06. The van der Waals surface area contributed by atoms with E-state index in [0.29, 0.717) is 22.2 Å². The van der Waals surface area contributed by atoms with Crippen LogP contribution in [0.15, 0.2) is 53.6 Å². The van der Waals surface area contributed by atoms with E-state index in [1.165, 1.54) is 12.3 Å². The van der Waals surface area contributed by atoms with Crippen LogP contribution in [0.25, 0.3) is 11.1 Å². The zero-order valence-corrected chi connectivity index (χ0v) is 20.0. The minimum absolute atomic E-state index is 0.212. The highest BCUT2D eigenvalue weighted by Crippen LogP contribution is 2.31. The summed E-state index contributed by atoms with van der Waals surface area (Å²) in [5.74, 6) is -3.89. The van der Waals surface area contributed by atoms with Crippen LogP contribution >= 0.6 is 11.6 Å². The highest BCUT2D eigenvalue weighted by molar-refractivity contribution is 8.06. The normalized spacial score (nSPS) is 11.9. The first-order valence-corrected chi connectivity index (χ1v) is 13.2. The van der Waals surface area contributed by atoms with Crippen LogP contribution in [0.2, 0.25) is 5.02 Å². The lowest BCUT2D eigenvalue weighted by atomic mass is 10.1. The lowest BCUT2D eigenvalue weighted by Crippen LogP contribution is -2.22. The van der Waals surface area contributed by atoms with Gasteiger partial charge in [-0.05, 0) is 42.3 Å². The van der Waals surface area contributed by atoms with Gasteiger partial charge in [-0.2, -0.15) is 0 Å². The SMILES string of the molecule is CCCS(=O)(=O)Nc1ccc(F)c(S(=O)(=O)C(=N)c2cc(-c3ccc(Cl)cc3)cnc2N)c1F. The van der Waals surface area contributed by atoms with Gasteiger partial charge in [-0.1, -0.05) is 30.7 Å². The van der Waals surface area contributed by atoms with Gasteiger partial charge in [0, 0.05) is 16.8 Å². The number of pyridine rings is 1. The van der Waals surface area contributed by atoms with Crippen molar-refractivity contribution in [1.29, 1.82) is 5.41 Å². The number of nitrogens with one attached hydrogen (secondary N) is 2. The Balaban J connectivity index is 2.09. The van der Waals surface area contributed by atoms with Crippen molar-refractivity contribution in [2.75, 3.05) is 16.2 Å². The molecular formula is C21H19ClF2N4O4S2. The van der Waals surface area contributed by atoms with Crippen LogP contribution in [0.5, 0.6) is 0 Å². The molecule has 0 saturated carbocycles. The first-order valence-electron chi connectivity index (χ1n) is 9.71. The van der Waals surface area contributed by atoms with E-state index in [-0.39, 0.29) is 23.6 Å². The van der Waals surface area contributed by atoms with Crippen molar-refractivity contribution in [2.24, 2.45) is 0 Å². The number of nitrogens with zero attached hydrogens (tertiary/aromatic N) is 1. The molecule has 1 aromatic heterocycles. The van der Waals surface area contributed by atoms with Crippen LogP contribution < -0.4 is 10.5 Å². The second kappa shape index (κ2) is 9.65. The summed E-state index contributed by atoms with van der Waals surface area (Å²) in [7, 11) is -9.12. The average molecular weight is 529 g/mol. The minimum atomic E-state index is -5.11. The molecule has 0 fully saturated rings. The van der Waals surface area contributed by atoms with Crippen molar-refractivity contribution in [3.8, 4) is 11.1 Å². The molecule has 0 saturated heterocycles. The topological polar surface area (TPSA) is 143 Å². The predicted molar refractivity (Wildman–Crippen MR) is 127 cm³/mol. The van der Waals surface area contributed by atoms with Gasteiger partial charge in [0.05, 0.1) is 17.0 Å². The van der Waals surface area contributed by atoms with Crippen LogP contribution in [-0.2, 0) is 19.9 Å². The second-order valence-electron chi connectivity index (χ2n) is 7.16. The number of rotatable bonds is 7. The first-order chi connectivity index (χ1) is 15.9. The molecule has 0 aliphatic heterocycles. The van der Waals surface area contributed by atoms with Crippen molar-refractivity contribution in [3.05, 3.63) is 70.9 Å². The van der Waals surface area contributed by atoms with Crippen LogP contribution in [0.3, 0.4) is 0 Å². The largest absolute Gasteiger partial charge is 0.383 e. The number of sulfone groups is 1. The number of aromatic nitrogens is 1. The maximum Gasteiger partial charge on any atom is 0.232 e. The molecule has 0 aliphatic rings. The third kappa shape index (κ3) is 5.18. The van der Waals surface area contributed by atoms with E-state index in [9.17, 15) is 21.2 Å². The van der Waals surface area contributed by atoms with Crippen LogP contribution in [-0.4, -0.2) is 32.6 Å². The van der Waals surface area contributed by atoms with Gasteiger partial charge < -0.3 is 5.73 Å². The Bertz CT molecular complexity index is 1480. The summed E-state index contributed by atoms with van der Waals surface area (Å²) in [5.41, 5.74) is 5.58. The fourth-order valence-corrected chi connectivity index (χ4v) is 5.64. The van der Waals surface area contributed by atoms with Crippen LogP contribution in [0.4, 0.5) is 20.3 Å². The number of hydrogen-bond acceptors (Lipinski definition) is 7. The molecule has 2 aromatic carbocycles. The molecule has 0 radical (unpaired) electrons. The van der Waals surface area contributed by atoms with Crippen molar-refractivity contribution in [3.63, 3.8) is 0 Å². The molecule has 0 unspecified atom stereocenters. The molecule has 34 heavy (non-hydrogen) atoms. The lowest BCUT2D eigenvalue weighted by molar-refractivity contribution is 0.525. The summed E-state index contributed by atoms with van der Waals surface area (Å²) >= 11 is 5.87. The number of nitrogen functional groups attached to an aromatic ring is 1. The van der Waals surface area contributed by atoms with Crippen molar-refractivity contribution >= 4 is 48.0 Å². The van der Waals surface area contributed by atoms with Crippen molar-refractivity contribution in [2.45, 2.75) is 18.2 Å². The molecule has 13 heteroatoms. The first kappa shape index (κ1) is 25.5. The number of anilines is 2. The van der Waals surface area contributed by atoms with Gasteiger partial charge in [0.25, 0.3) is 0 Å². The Morgan fingerprint density at radius 2 is 1.74 bits per heavy atom. The molecule has 0 bridgehead atoms. The fourth-order valence-electron chi connectivity index (χ4n) is 3.05. The molecule has 0 atom stereocenters. The fraction of sp³-hybridized carbons (Fsp3) is 0.143. The summed E-state index contributed by atoms with van der Waals surface area (Å²) in [6.45, 7) is 1.58. The van der Waals surface area contributed by atoms with Crippen LogP contribution in [0, 0.1) is 17.0 Å². The number of hydrogen-bond donors (Lipinski definition) is 3. The molecule has 8 nitrogen and oxygen atoms in total. The van der Waals surface area contributed by atoms with Gasteiger partial charge in [0.15, 0.2) is 10.9 Å². The number of halogens is 3. The van der Waals surface area contributed by atoms with E-state index in [1.54, 1.807) is 31.2 Å². The highest BCUT2D eigenvalue weighted by atomic mass is 35.5. The molecule has 0 aliphatic carbocycles. The monoisotopic (exact) mass is 528 g/mol. The van der Waals surface area contributed by atoms with Gasteiger partial charge in [0.1, 0.15) is 16.5 Å². The summed E-state index contributed by atoms with van der Waals surface area (Å²) < 4.78 is 81.6. The smallest absolute Gasteiger partial charge is 0.232 e. The van der Waals surface area contributed by atoms with E-state index in [2.05, 4.69) is 4.98 Å². The number of nitrogens with two attached hydrogens (primary N) is 1. The quantitative estimate of drug-likeness (QED) is 0.309. The Morgan fingerprint density at radius 3 is 2.35 bits per heavy atom. The van der Waals surface area contributed by atoms with E-state index >= 15 is 4.39 Å². The Hall–Kier alpha value is -3.09. The zero-order valence-electron chi connectivity index (χ0n) is 17.6. The Labute approximate surface area is 200 Å². The van der Waals surface area contributed by atoms with E-state index in [0.717, 1.165) is 6.07 Å². The van der Waals surface area contributed by atoms with Gasteiger partial charge in [-0.3, -0.25) is 10.1 Å². The van der Waals surface area contributed by atoms with Crippen molar-refractivity contribution in [1.82, 2.24) is 4.98 Å². The van der Waals surface area contributed by atoms with Gasteiger partial charge >= 0.3 is 0 Å². The maximum atomic E-state index is 15.1. The standard InChI is InChI=1S/C21H19ClF2N4O4S2/c1-2-9-33(29,30)28-17-8-7-16(23)19(18(17)24)34(31,32)21(26)15-10-13(11-27-20(15)25)12-3-5-14(22)6-4-12/h3-8,10-11,26,28H,2,9H2,1H3,(H2,25,27). The van der Waals surface area contributed by atoms with E-state index in [4.69, 9.17) is 22.7 Å². The Kier molecular flexibility index (Phi) is 7.24. The van der Waals surface area contributed by atoms with Gasteiger partial charge in [-0.15, -0.1) is 0 Å². The van der Waals surface area contributed by atoms with Gasteiger partial charge in [-0.25, -0.2) is 30.6 Å². The molecule has 0 spiro atoms. The summed E-state index contributed by atoms with van der Waals surface area (Å²) in [5, 5.41) is 7.47. The molecule has 1 heterocycles. The maximum absolute atomic E-state index is 15.1. The predicted octanol–water partition coefficient (Wildman–Crippen LogP) is 4.21. The van der Waals surface area contributed by atoms with Gasteiger partial charge in [0.2, 0.25) is 19.9 Å². The molecular weight excluding hydrogens is 510 g/mol.